The molecule has 0 rings (SSSR count). The largest absolute Gasteiger partial charge is 0.462 e. The second kappa shape index (κ2) is 58.1. The number of unbranched alkanes of at least 4 members (excludes halogenated alkanes) is 17. The zero-order valence-electron chi connectivity index (χ0n) is 45.7. The summed E-state index contributed by atoms with van der Waals surface area (Å²) in [5.41, 5.74) is 0. The fraction of sp³-hybridized carbons (Fsp3) is 0.615. The fourth-order valence-electron chi connectivity index (χ4n) is 7.34. The molecule has 0 radical (unpaired) electrons. The molecule has 0 spiro atoms. The van der Waals surface area contributed by atoms with E-state index in [1.807, 2.05) is 12.2 Å². The summed E-state index contributed by atoms with van der Waals surface area (Å²) in [6.07, 6.45) is 81.7. The highest BCUT2D eigenvalue weighted by Gasteiger charge is 2.19. The zero-order chi connectivity index (χ0) is 51.4. The highest BCUT2D eigenvalue weighted by atomic mass is 16.6. The molecule has 0 saturated heterocycles. The number of rotatable bonds is 50. The van der Waals surface area contributed by atoms with Crippen LogP contribution in [0.25, 0.3) is 0 Å². The summed E-state index contributed by atoms with van der Waals surface area (Å²) in [4.78, 5) is 38.1. The van der Waals surface area contributed by atoms with E-state index in [4.69, 9.17) is 14.2 Å². The first kappa shape index (κ1) is 66.6. The van der Waals surface area contributed by atoms with Gasteiger partial charge in [0.05, 0.1) is 0 Å². The van der Waals surface area contributed by atoms with Gasteiger partial charge in [-0.15, -0.1) is 0 Å². The summed E-state index contributed by atoms with van der Waals surface area (Å²) in [5, 5.41) is 0. The van der Waals surface area contributed by atoms with Crippen molar-refractivity contribution >= 4 is 17.9 Å². The first-order valence-electron chi connectivity index (χ1n) is 28.7. The number of esters is 3. The lowest BCUT2D eigenvalue weighted by Gasteiger charge is -2.18. The number of carbonyl (C=O) groups excluding carboxylic acids is 3. The second-order valence-electron chi connectivity index (χ2n) is 18.5. The van der Waals surface area contributed by atoms with Gasteiger partial charge in [0.25, 0.3) is 0 Å². The summed E-state index contributed by atoms with van der Waals surface area (Å²) in [6, 6.07) is 0. The second-order valence-corrected chi connectivity index (χ2v) is 18.5. The maximum absolute atomic E-state index is 12.8. The molecule has 0 aliphatic carbocycles. The highest BCUT2D eigenvalue weighted by molar-refractivity contribution is 5.71. The van der Waals surface area contributed by atoms with Gasteiger partial charge in [0, 0.05) is 19.3 Å². The monoisotopic (exact) mass is 981 g/mol. The molecule has 71 heavy (non-hydrogen) atoms. The lowest BCUT2D eigenvalue weighted by molar-refractivity contribution is -0.166. The van der Waals surface area contributed by atoms with Crippen molar-refractivity contribution in [1.82, 2.24) is 0 Å². The molecule has 400 valence electrons. The van der Waals surface area contributed by atoms with Crippen LogP contribution in [0.5, 0.6) is 0 Å². The molecule has 6 nitrogen and oxygen atoms in total. The van der Waals surface area contributed by atoms with Crippen LogP contribution in [0.4, 0.5) is 0 Å². The smallest absolute Gasteiger partial charge is 0.306 e. The summed E-state index contributed by atoms with van der Waals surface area (Å²) >= 11 is 0. The number of hydrogen-bond acceptors (Lipinski definition) is 6. The molecule has 0 N–H and O–H groups in total. The molecular weight excluding hydrogens is 877 g/mol. The Morgan fingerprint density at radius 1 is 0.296 bits per heavy atom. The van der Waals surface area contributed by atoms with Crippen LogP contribution in [0.3, 0.4) is 0 Å². The van der Waals surface area contributed by atoms with E-state index in [2.05, 4.69) is 142 Å². The van der Waals surface area contributed by atoms with E-state index in [1.165, 1.54) is 103 Å². The average Bonchev–Trinajstić information content (AvgIpc) is 3.37. The van der Waals surface area contributed by atoms with Gasteiger partial charge < -0.3 is 14.2 Å². The van der Waals surface area contributed by atoms with Gasteiger partial charge in [0.15, 0.2) is 6.10 Å². The van der Waals surface area contributed by atoms with E-state index in [0.29, 0.717) is 19.3 Å². The Hall–Kier alpha value is -4.45. The van der Waals surface area contributed by atoms with Crippen molar-refractivity contribution in [2.75, 3.05) is 13.2 Å². The molecule has 6 heteroatoms. The van der Waals surface area contributed by atoms with Gasteiger partial charge in [-0.05, 0) is 122 Å². The van der Waals surface area contributed by atoms with E-state index in [-0.39, 0.29) is 44.0 Å². The van der Waals surface area contributed by atoms with Crippen LogP contribution in [0.2, 0.25) is 0 Å². The maximum Gasteiger partial charge on any atom is 0.306 e. The van der Waals surface area contributed by atoms with Gasteiger partial charge in [-0.3, -0.25) is 14.4 Å². The van der Waals surface area contributed by atoms with Gasteiger partial charge in [0.2, 0.25) is 0 Å². The average molecular weight is 982 g/mol. The first-order chi connectivity index (χ1) is 35.0. The van der Waals surface area contributed by atoms with Crippen LogP contribution in [-0.4, -0.2) is 37.2 Å². The van der Waals surface area contributed by atoms with Crippen molar-refractivity contribution in [3.63, 3.8) is 0 Å². The quantitative estimate of drug-likeness (QED) is 0.0262. The zero-order valence-corrected chi connectivity index (χ0v) is 45.7. The van der Waals surface area contributed by atoms with Crippen molar-refractivity contribution < 1.29 is 28.6 Å². The summed E-state index contributed by atoms with van der Waals surface area (Å²) in [5.74, 6) is -1.08. The van der Waals surface area contributed by atoms with E-state index < -0.39 is 6.10 Å². The molecule has 0 aromatic heterocycles. The molecule has 0 bridgehead atoms. The predicted octanol–water partition coefficient (Wildman–Crippen LogP) is 19.4. The Morgan fingerprint density at radius 3 is 1.03 bits per heavy atom. The summed E-state index contributed by atoms with van der Waals surface area (Å²) in [6.45, 7) is 6.37. The SMILES string of the molecule is CC/C=C/C/C=C/C/C=C/C/C=C/C/C=C/C/C=C/CCC(=O)OC[C@@H](COC(=O)CCCCCCCCC/C=C/CCCCCCCC)OC(=O)CCC/C=C/C/C=C/C/C=C/C/C=C/CCCCC. The number of hydrogen-bond donors (Lipinski definition) is 0. The summed E-state index contributed by atoms with van der Waals surface area (Å²) < 4.78 is 16.7. The Kier molecular flexibility index (Phi) is 54.5. The van der Waals surface area contributed by atoms with Gasteiger partial charge in [0.1, 0.15) is 13.2 Å². The first-order valence-corrected chi connectivity index (χ1v) is 28.7. The Labute approximate surface area is 436 Å². The van der Waals surface area contributed by atoms with E-state index >= 15 is 0 Å². The van der Waals surface area contributed by atoms with E-state index in [0.717, 1.165) is 83.5 Å². The number of allylic oxidation sites excluding steroid dienone is 22. The summed E-state index contributed by atoms with van der Waals surface area (Å²) in [7, 11) is 0. The van der Waals surface area contributed by atoms with Crippen LogP contribution in [0.15, 0.2) is 134 Å². The molecule has 0 amide bonds. The van der Waals surface area contributed by atoms with Crippen LogP contribution in [0.1, 0.15) is 239 Å². The Balaban J connectivity index is 4.61. The van der Waals surface area contributed by atoms with E-state index in [9.17, 15) is 14.4 Å². The lowest BCUT2D eigenvalue weighted by Crippen LogP contribution is -2.30. The van der Waals surface area contributed by atoms with Crippen LogP contribution < -0.4 is 0 Å². The number of ether oxygens (including phenoxy) is 3. The third-order valence-electron chi connectivity index (χ3n) is 11.6. The molecule has 1 atom stereocenters. The molecule has 0 saturated carbocycles. The molecule has 0 heterocycles. The highest BCUT2D eigenvalue weighted by Crippen LogP contribution is 2.13. The van der Waals surface area contributed by atoms with Gasteiger partial charge >= 0.3 is 17.9 Å². The third kappa shape index (κ3) is 56.3. The molecular formula is C65H104O6. The molecule has 0 aromatic rings. The fourth-order valence-corrected chi connectivity index (χ4v) is 7.34. The lowest BCUT2D eigenvalue weighted by atomic mass is 10.1. The minimum Gasteiger partial charge on any atom is -0.462 e. The van der Waals surface area contributed by atoms with Crippen LogP contribution in [-0.2, 0) is 28.6 Å². The van der Waals surface area contributed by atoms with Gasteiger partial charge in [-0.1, -0.05) is 231 Å². The molecule has 0 aliphatic heterocycles. The van der Waals surface area contributed by atoms with E-state index in [1.54, 1.807) is 0 Å². The van der Waals surface area contributed by atoms with Crippen molar-refractivity contribution in [3.05, 3.63) is 134 Å². The normalized spacial score (nSPS) is 13.1. The van der Waals surface area contributed by atoms with Crippen LogP contribution >= 0.6 is 0 Å². The molecule has 0 fully saturated rings. The molecule has 0 aromatic carbocycles. The Bertz CT molecular complexity index is 1550. The minimum absolute atomic E-state index is 0.129. The molecule has 0 unspecified atom stereocenters. The van der Waals surface area contributed by atoms with Crippen molar-refractivity contribution in [3.8, 4) is 0 Å². The third-order valence-corrected chi connectivity index (χ3v) is 11.6. The van der Waals surface area contributed by atoms with Crippen molar-refractivity contribution in [2.45, 2.75) is 245 Å². The minimum atomic E-state index is -0.844. The van der Waals surface area contributed by atoms with Gasteiger partial charge in [-0.25, -0.2) is 0 Å². The molecule has 0 aliphatic rings. The predicted molar refractivity (Wildman–Crippen MR) is 306 cm³/mol. The maximum atomic E-state index is 12.8. The van der Waals surface area contributed by atoms with Crippen LogP contribution in [0, 0.1) is 0 Å². The topological polar surface area (TPSA) is 78.9 Å². The van der Waals surface area contributed by atoms with Gasteiger partial charge in [-0.2, -0.15) is 0 Å². The number of carbonyl (C=O) groups is 3. The van der Waals surface area contributed by atoms with Crippen molar-refractivity contribution in [2.24, 2.45) is 0 Å². The van der Waals surface area contributed by atoms with Crippen molar-refractivity contribution in [1.29, 1.82) is 0 Å². The standard InChI is InChI=1S/C65H104O6/c1-4-7-10-13-16-19-22-25-28-31-32-35-37-40-43-46-49-52-55-58-64(67)70-61-62(71-65(68)59-56-53-50-47-44-41-38-34-30-27-24-21-18-15-12-9-6-3)60-69-63(66)57-54-51-48-45-42-39-36-33-29-26-23-20-17-14-11-8-5-2/h7,10,16,18-19,21,25-30,32,35,38,40-41,43,47,49-50,52,62H,4-6,8-9,11-15,17,20,22-24,31,33-34,36-37,39,42,44-46,48,51,53-61H2,1-3H3/b10-7+,19-16+,21-18+,28-25+,29-26+,30-27+,35-32+,41-38+,43-40+,50-47+,52-49+/t62-/m1/s1. The Morgan fingerprint density at radius 2 is 0.592 bits per heavy atom.